The van der Waals surface area contributed by atoms with Crippen LogP contribution in [0, 0.1) is 5.82 Å². The van der Waals surface area contributed by atoms with E-state index in [9.17, 15) is 30.7 Å². The quantitative estimate of drug-likeness (QED) is 0.198. The van der Waals surface area contributed by atoms with E-state index in [-0.39, 0.29) is 53.0 Å². The maximum Gasteiger partial charge on any atom is 0.433 e. The van der Waals surface area contributed by atoms with E-state index in [0.29, 0.717) is 10.9 Å². The normalized spacial score (nSPS) is 12.2. The van der Waals surface area contributed by atoms with Gasteiger partial charge in [-0.1, -0.05) is 24.3 Å². The van der Waals surface area contributed by atoms with Crippen LogP contribution in [0.4, 0.5) is 42.2 Å². The second kappa shape index (κ2) is 11.3. The smallest absolute Gasteiger partial charge is 0.338 e. The maximum atomic E-state index is 14.2. The molecule has 42 heavy (non-hydrogen) atoms. The maximum absolute atomic E-state index is 14.2. The molecular formula is C29H21F7N6. The number of pyridine rings is 2. The topological polar surface area (TPSA) is 66.8 Å². The summed E-state index contributed by atoms with van der Waals surface area (Å²) in [6, 6.07) is 14.7. The minimum absolute atomic E-state index is 0.117. The molecule has 0 aliphatic carbocycles. The van der Waals surface area contributed by atoms with Gasteiger partial charge in [0.15, 0.2) is 0 Å². The predicted molar refractivity (Wildman–Crippen MR) is 142 cm³/mol. The number of anilines is 2. The molecule has 0 fully saturated rings. The van der Waals surface area contributed by atoms with E-state index in [1.165, 1.54) is 42.6 Å². The molecule has 0 saturated carbocycles. The van der Waals surface area contributed by atoms with Crippen molar-refractivity contribution in [3.8, 4) is 11.3 Å². The number of fused-ring (bicyclic) bond motifs is 1. The Labute approximate surface area is 234 Å². The molecule has 216 valence electrons. The van der Waals surface area contributed by atoms with Crippen LogP contribution in [0.15, 0.2) is 79.1 Å². The van der Waals surface area contributed by atoms with Gasteiger partial charge in [0.05, 0.1) is 35.2 Å². The average molecular weight is 587 g/mol. The summed E-state index contributed by atoms with van der Waals surface area (Å²) >= 11 is 0. The summed E-state index contributed by atoms with van der Waals surface area (Å²) in [5, 5.41) is 3.33. The van der Waals surface area contributed by atoms with Crippen molar-refractivity contribution >= 4 is 22.4 Å². The fraction of sp³-hybridized carbons (Fsp3) is 0.172. The predicted octanol–water partition coefficient (Wildman–Crippen LogP) is 7.64. The highest BCUT2D eigenvalue weighted by Gasteiger charge is 2.34. The second-order valence-corrected chi connectivity index (χ2v) is 9.44. The van der Waals surface area contributed by atoms with Gasteiger partial charge in [-0.25, -0.2) is 19.3 Å². The molecule has 0 aliphatic heterocycles. The second-order valence-electron chi connectivity index (χ2n) is 9.44. The van der Waals surface area contributed by atoms with E-state index < -0.39 is 23.6 Å². The molecular weight excluding hydrogens is 565 g/mol. The van der Waals surface area contributed by atoms with Crippen LogP contribution in [0.3, 0.4) is 0 Å². The SMILES string of the molecule is CN(Cc1nc(Nc2ccc(C(F)(F)F)nc2)c2ccc(-c3ncccc3C(F)(F)F)cc2n1)Cc1ccccc1F. The molecule has 13 heteroatoms. The molecule has 6 nitrogen and oxygen atoms in total. The van der Waals surface area contributed by atoms with Crippen LogP contribution in [0.5, 0.6) is 0 Å². The van der Waals surface area contributed by atoms with Crippen LogP contribution < -0.4 is 5.32 Å². The van der Waals surface area contributed by atoms with Gasteiger partial charge in [0.25, 0.3) is 0 Å². The Hall–Kier alpha value is -4.65. The Morgan fingerprint density at radius 1 is 0.810 bits per heavy atom. The molecule has 0 unspecified atom stereocenters. The summed E-state index contributed by atoms with van der Waals surface area (Å²) in [7, 11) is 1.72. The van der Waals surface area contributed by atoms with Gasteiger partial charge in [0.1, 0.15) is 23.2 Å². The lowest BCUT2D eigenvalue weighted by Gasteiger charge is -2.18. The molecule has 1 N–H and O–H groups in total. The summed E-state index contributed by atoms with van der Waals surface area (Å²) in [6.07, 6.45) is -7.01. The van der Waals surface area contributed by atoms with Crippen LogP contribution in [-0.4, -0.2) is 31.9 Å². The van der Waals surface area contributed by atoms with Crippen LogP contribution in [0.2, 0.25) is 0 Å². The van der Waals surface area contributed by atoms with Crippen molar-refractivity contribution in [1.82, 2.24) is 24.8 Å². The highest BCUT2D eigenvalue weighted by atomic mass is 19.4. The third-order valence-corrected chi connectivity index (χ3v) is 6.26. The molecule has 0 atom stereocenters. The van der Waals surface area contributed by atoms with Crippen molar-refractivity contribution in [2.45, 2.75) is 25.4 Å². The molecule has 5 rings (SSSR count). The highest BCUT2D eigenvalue weighted by molar-refractivity contribution is 5.93. The number of hydrogen-bond acceptors (Lipinski definition) is 6. The standard InChI is InChI=1S/C29H21F7N6/c1-42(15-18-5-2-3-7-22(18)30)16-25-40-23-13-17(26-21(28(31,32)33)6-4-12-37-26)8-10-20(23)27(41-25)39-19-9-11-24(38-14-19)29(34,35)36/h2-14H,15-16H2,1H3,(H,39,40,41). The van der Waals surface area contributed by atoms with Gasteiger partial charge in [-0.15, -0.1) is 0 Å². The Kier molecular flexibility index (Phi) is 7.78. The Bertz CT molecular complexity index is 1720. The van der Waals surface area contributed by atoms with Gasteiger partial charge in [-0.05, 0) is 49.5 Å². The first kappa shape index (κ1) is 28.9. The number of hydrogen-bond donors (Lipinski definition) is 1. The zero-order valence-corrected chi connectivity index (χ0v) is 21.8. The number of benzene rings is 2. The van der Waals surface area contributed by atoms with E-state index in [1.807, 2.05) is 0 Å². The summed E-state index contributed by atoms with van der Waals surface area (Å²) in [4.78, 5) is 18.2. The van der Waals surface area contributed by atoms with Crippen molar-refractivity contribution < 1.29 is 30.7 Å². The molecule has 0 spiro atoms. The molecule has 5 aromatic rings. The molecule has 0 saturated heterocycles. The number of rotatable bonds is 7. The van der Waals surface area contributed by atoms with Crippen molar-refractivity contribution in [1.29, 1.82) is 0 Å². The average Bonchev–Trinajstić information content (AvgIpc) is 2.93. The van der Waals surface area contributed by atoms with E-state index >= 15 is 0 Å². The zero-order chi connectivity index (χ0) is 30.1. The van der Waals surface area contributed by atoms with Crippen LogP contribution in [0.25, 0.3) is 22.2 Å². The lowest BCUT2D eigenvalue weighted by Crippen LogP contribution is -2.20. The van der Waals surface area contributed by atoms with Gasteiger partial charge >= 0.3 is 12.4 Å². The van der Waals surface area contributed by atoms with E-state index in [4.69, 9.17) is 0 Å². The molecule has 2 aromatic carbocycles. The fourth-order valence-electron chi connectivity index (χ4n) is 4.34. The van der Waals surface area contributed by atoms with E-state index in [1.54, 1.807) is 30.1 Å². The van der Waals surface area contributed by atoms with Crippen LogP contribution in [-0.2, 0) is 25.4 Å². The Balaban J connectivity index is 1.55. The van der Waals surface area contributed by atoms with Gasteiger partial charge in [0.2, 0.25) is 0 Å². The molecule has 0 aliphatic rings. The van der Waals surface area contributed by atoms with Crippen molar-refractivity contribution in [2.24, 2.45) is 0 Å². The van der Waals surface area contributed by atoms with E-state index in [2.05, 4.69) is 25.3 Å². The third kappa shape index (κ3) is 6.46. The Morgan fingerprint density at radius 2 is 1.60 bits per heavy atom. The van der Waals surface area contributed by atoms with E-state index in [0.717, 1.165) is 18.3 Å². The molecule has 0 bridgehead atoms. The molecule has 3 aromatic heterocycles. The number of alkyl halides is 6. The number of aromatic nitrogens is 4. The number of nitrogens with one attached hydrogen (secondary N) is 1. The van der Waals surface area contributed by atoms with Gasteiger partial charge in [-0.2, -0.15) is 26.3 Å². The van der Waals surface area contributed by atoms with Crippen molar-refractivity contribution in [3.63, 3.8) is 0 Å². The number of halogens is 7. The van der Waals surface area contributed by atoms with Gasteiger partial charge in [0, 0.05) is 29.3 Å². The molecule has 0 amide bonds. The summed E-state index contributed by atoms with van der Waals surface area (Å²) in [5.74, 6) is 0.0406. The van der Waals surface area contributed by atoms with Gasteiger partial charge < -0.3 is 5.32 Å². The lowest BCUT2D eigenvalue weighted by atomic mass is 10.0. The fourth-order valence-corrected chi connectivity index (χ4v) is 4.34. The van der Waals surface area contributed by atoms with Gasteiger partial charge in [-0.3, -0.25) is 9.88 Å². The number of nitrogens with zero attached hydrogens (tertiary/aromatic N) is 5. The van der Waals surface area contributed by atoms with Crippen molar-refractivity contribution in [2.75, 3.05) is 12.4 Å². The zero-order valence-electron chi connectivity index (χ0n) is 21.8. The summed E-state index contributed by atoms with van der Waals surface area (Å²) in [6.45, 7) is 0.328. The summed E-state index contributed by atoms with van der Waals surface area (Å²) < 4.78 is 94.2. The molecule has 0 radical (unpaired) electrons. The summed E-state index contributed by atoms with van der Waals surface area (Å²) in [5.41, 5.74) is -1.23. The first-order valence-electron chi connectivity index (χ1n) is 12.4. The van der Waals surface area contributed by atoms with Crippen LogP contribution >= 0.6 is 0 Å². The first-order chi connectivity index (χ1) is 19.9. The van der Waals surface area contributed by atoms with Crippen molar-refractivity contribution in [3.05, 3.63) is 108 Å². The van der Waals surface area contributed by atoms with Crippen LogP contribution in [0.1, 0.15) is 22.6 Å². The first-order valence-corrected chi connectivity index (χ1v) is 12.4. The minimum Gasteiger partial charge on any atom is -0.338 e. The third-order valence-electron chi connectivity index (χ3n) is 6.26. The monoisotopic (exact) mass is 586 g/mol. The minimum atomic E-state index is -4.65. The lowest BCUT2D eigenvalue weighted by molar-refractivity contribution is -0.141. The largest absolute Gasteiger partial charge is 0.433 e. The molecule has 3 heterocycles. The highest BCUT2D eigenvalue weighted by Crippen LogP contribution is 2.37. The Morgan fingerprint density at radius 3 is 2.29 bits per heavy atom.